The number of pyridine rings is 1. The lowest BCUT2D eigenvalue weighted by atomic mass is 9.96. The third-order valence-electron chi connectivity index (χ3n) is 5.27. The quantitative estimate of drug-likeness (QED) is 0.446. The van der Waals surface area contributed by atoms with Crippen molar-refractivity contribution in [3.63, 3.8) is 0 Å². The summed E-state index contributed by atoms with van der Waals surface area (Å²) in [6.45, 7) is 11.8. The summed E-state index contributed by atoms with van der Waals surface area (Å²) in [5.74, 6) is 1.78. The second-order valence-corrected chi connectivity index (χ2v) is 9.60. The number of anilines is 4. The van der Waals surface area contributed by atoms with Crippen molar-refractivity contribution < 1.29 is 4.79 Å². The zero-order valence-electron chi connectivity index (χ0n) is 19.8. The second-order valence-electron chi connectivity index (χ2n) is 9.60. The average molecular weight is 446 g/mol. The average Bonchev–Trinajstić information content (AvgIpc) is 3.21. The topological polar surface area (TPSA) is 104 Å². The minimum absolute atomic E-state index is 0.00900. The Kier molecular flexibility index (Phi) is 6.29. The summed E-state index contributed by atoms with van der Waals surface area (Å²) in [6.07, 6.45) is 3.31. The van der Waals surface area contributed by atoms with Gasteiger partial charge in [-0.3, -0.25) is 4.79 Å². The third kappa shape index (κ3) is 5.46. The molecule has 0 atom stereocenters. The molecule has 0 spiro atoms. The highest BCUT2D eigenvalue weighted by atomic mass is 16.1. The number of benzene rings is 1. The fourth-order valence-electron chi connectivity index (χ4n) is 3.60. The Bertz CT molecular complexity index is 1170. The predicted molar refractivity (Wildman–Crippen MR) is 131 cm³/mol. The molecule has 1 aromatic carbocycles. The van der Waals surface area contributed by atoms with Crippen LogP contribution in [0.5, 0.6) is 0 Å². The molecule has 0 aliphatic carbocycles. The standard InChI is InChI=1S/C25H31N7O/c1-15(2)29-23(33)19-14-28-22(30-18-7-6-16-12-26-13-17(16)10-18)11-20(19)31-21-8-9-27-24(32-21)25(3,4)5/h6-11,14-15,26H,12-13H2,1-5H3,(H,29,33)(H2,27,28,30,31,32). The number of hydrogen-bond acceptors (Lipinski definition) is 7. The lowest BCUT2D eigenvalue weighted by Crippen LogP contribution is -2.30. The van der Waals surface area contributed by atoms with E-state index in [0.717, 1.165) is 24.6 Å². The van der Waals surface area contributed by atoms with Crippen molar-refractivity contribution in [3.05, 3.63) is 65.2 Å². The van der Waals surface area contributed by atoms with Crippen LogP contribution in [0.1, 0.15) is 61.9 Å². The molecule has 2 aromatic heterocycles. The van der Waals surface area contributed by atoms with Gasteiger partial charge in [0.1, 0.15) is 17.5 Å². The lowest BCUT2D eigenvalue weighted by Gasteiger charge is -2.18. The molecular formula is C25H31N7O. The molecule has 3 heterocycles. The van der Waals surface area contributed by atoms with Crippen molar-refractivity contribution in [2.45, 2.75) is 59.2 Å². The highest BCUT2D eigenvalue weighted by Crippen LogP contribution is 2.27. The predicted octanol–water partition coefficient (Wildman–Crippen LogP) is 4.40. The van der Waals surface area contributed by atoms with Crippen LogP contribution < -0.4 is 21.3 Å². The Morgan fingerprint density at radius 3 is 2.55 bits per heavy atom. The molecule has 0 bridgehead atoms. The Balaban J connectivity index is 1.65. The lowest BCUT2D eigenvalue weighted by molar-refractivity contribution is 0.0943. The zero-order chi connectivity index (χ0) is 23.6. The SMILES string of the molecule is CC(C)NC(=O)c1cnc(Nc2ccc3c(c2)CNC3)cc1Nc1ccnc(C(C)(C)C)n1. The van der Waals surface area contributed by atoms with E-state index in [9.17, 15) is 4.79 Å². The molecular weight excluding hydrogens is 414 g/mol. The van der Waals surface area contributed by atoms with Crippen LogP contribution in [0, 0.1) is 0 Å². The van der Waals surface area contributed by atoms with Crippen LogP contribution in [0.4, 0.5) is 23.0 Å². The maximum absolute atomic E-state index is 12.8. The number of carbonyl (C=O) groups is 1. The Morgan fingerprint density at radius 1 is 1.00 bits per heavy atom. The van der Waals surface area contributed by atoms with Crippen molar-refractivity contribution >= 4 is 28.9 Å². The van der Waals surface area contributed by atoms with Gasteiger partial charge in [0.2, 0.25) is 0 Å². The molecule has 1 aliphatic heterocycles. The fraction of sp³-hybridized carbons (Fsp3) is 0.360. The van der Waals surface area contributed by atoms with E-state index in [1.807, 2.05) is 26.0 Å². The summed E-state index contributed by atoms with van der Waals surface area (Å²) in [4.78, 5) is 26.4. The van der Waals surface area contributed by atoms with Crippen LogP contribution in [-0.2, 0) is 18.5 Å². The molecule has 33 heavy (non-hydrogen) atoms. The van der Waals surface area contributed by atoms with Gasteiger partial charge in [0.25, 0.3) is 5.91 Å². The zero-order valence-corrected chi connectivity index (χ0v) is 19.8. The number of aromatic nitrogens is 3. The number of fused-ring (bicyclic) bond motifs is 1. The maximum Gasteiger partial charge on any atom is 0.255 e. The molecule has 172 valence electrons. The van der Waals surface area contributed by atoms with Crippen molar-refractivity contribution in [1.82, 2.24) is 25.6 Å². The number of nitrogens with one attached hydrogen (secondary N) is 4. The fourth-order valence-corrected chi connectivity index (χ4v) is 3.60. The van der Waals surface area contributed by atoms with Gasteiger partial charge in [-0.25, -0.2) is 15.0 Å². The van der Waals surface area contributed by atoms with Crippen LogP contribution in [0.2, 0.25) is 0 Å². The Labute approximate surface area is 194 Å². The van der Waals surface area contributed by atoms with E-state index < -0.39 is 0 Å². The molecule has 0 saturated carbocycles. The smallest absolute Gasteiger partial charge is 0.255 e. The monoisotopic (exact) mass is 445 g/mol. The first-order valence-corrected chi connectivity index (χ1v) is 11.2. The number of nitrogens with zero attached hydrogens (tertiary/aromatic N) is 3. The van der Waals surface area contributed by atoms with Crippen molar-refractivity contribution in [3.8, 4) is 0 Å². The first-order chi connectivity index (χ1) is 15.7. The normalized spacial score (nSPS) is 13.0. The van der Waals surface area contributed by atoms with Gasteiger partial charge in [-0.1, -0.05) is 26.8 Å². The van der Waals surface area contributed by atoms with E-state index in [1.54, 1.807) is 18.5 Å². The summed E-state index contributed by atoms with van der Waals surface area (Å²) >= 11 is 0. The summed E-state index contributed by atoms with van der Waals surface area (Å²) < 4.78 is 0. The molecule has 0 unspecified atom stereocenters. The molecule has 0 radical (unpaired) electrons. The number of rotatable bonds is 6. The molecule has 0 saturated heterocycles. The minimum Gasteiger partial charge on any atom is -0.350 e. The maximum atomic E-state index is 12.8. The molecule has 0 fully saturated rings. The molecule has 4 N–H and O–H groups in total. The molecule has 1 aliphatic rings. The minimum atomic E-state index is -0.194. The highest BCUT2D eigenvalue weighted by Gasteiger charge is 2.19. The molecule has 8 heteroatoms. The van der Waals surface area contributed by atoms with E-state index in [4.69, 9.17) is 0 Å². The third-order valence-corrected chi connectivity index (χ3v) is 5.27. The molecule has 4 rings (SSSR count). The summed E-state index contributed by atoms with van der Waals surface area (Å²) in [5.41, 5.74) is 4.42. The summed E-state index contributed by atoms with van der Waals surface area (Å²) in [6, 6.07) is 9.93. The van der Waals surface area contributed by atoms with Crippen LogP contribution in [0.25, 0.3) is 0 Å². The van der Waals surface area contributed by atoms with Gasteiger partial charge in [0.15, 0.2) is 0 Å². The van der Waals surface area contributed by atoms with E-state index in [-0.39, 0.29) is 17.4 Å². The van der Waals surface area contributed by atoms with Crippen molar-refractivity contribution in [1.29, 1.82) is 0 Å². The molecule has 3 aromatic rings. The Morgan fingerprint density at radius 2 is 1.79 bits per heavy atom. The molecule has 1 amide bonds. The van der Waals surface area contributed by atoms with Crippen molar-refractivity contribution in [2.75, 3.05) is 10.6 Å². The summed E-state index contributed by atoms with van der Waals surface area (Å²) in [7, 11) is 0. The first-order valence-electron chi connectivity index (χ1n) is 11.2. The molecule has 8 nitrogen and oxygen atoms in total. The van der Waals surface area contributed by atoms with Gasteiger partial charge in [-0.2, -0.15) is 0 Å². The van der Waals surface area contributed by atoms with Gasteiger partial charge in [-0.15, -0.1) is 0 Å². The van der Waals surface area contributed by atoms with Crippen LogP contribution in [0.3, 0.4) is 0 Å². The highest BCUT2D eigenvalue weighted by molar-refractivity contribution is 6.00. The van der Waals surface area contributed by atoms with Gasteiger partial charge < -0.3 is 21.3 Å². The van der Waals surface area contributed by atoms with E-state index in [2.05, 4.69) is 69.1 Å². The van der Waals surface area contributed by atoms with Crippen LogP contribution in [-0.4, -0.2) is 26.9 Å². The van der Waals surface area contributed by atoms with E-state index in [0.29, 0.717) is 22.9 Å². The van der Waals surface area contributed by atoms with Crippen LogP contribution >= 0.6 is 0 Å². The van der Waals surface area contributed by atoms with Gasteiger partial charge in [0, 0.05) is 48.7 Å². The number of hydrogen-bond donors (Lipinski definition) is 4. The number of carbonyl (C=O) groups excluding carboxylic acids is 1. The van der Waals surface area contributed by atoms with Crippen LogP contribution in [0.15, 0.2) is 42.7 Å². The van der Waals surface area contributed by atoms with Gasteiger partial charge in [0.05, 0.1) is 11.3 Å². The number of amides is 1. The largest absolute Gasteiger partial charge is 0.350 e. The van der Waals surface area contributed by atoms with E-state index >= 15 is 0 Å². The second kappa shape index (κ2) is 9.15. The van der Waals surface area contributed by atoms with Gasteiger partial charge in [-0.05, 0) is 43.2 Å². The Hall–Kier alpha value is -3.52. The summed E-state index contributed by atoms with van der Waals surface area (Å²) in [5, 5.41) is 13.0. The first kappa shape index (κ1) is 22.7. The van der Waals surface area contributed by atoms with Gasteiger partial charge >= 0.3 is 0 Å². The van der Waals surface area contributed by atoms with E-state index in [1.165, 1.54) is 11.1 Å². The van der Waals surface area contributed by atoms with Crippen molar-refractivity contribution in [2.24, 2.45) is 0 Å².